The summed E-state index contributed by atoms with van der Waals surface area (Å²) in [6, 6.07) is 13.5. The molecule has 1 aliphatic carbocycles. The lowest BCUT2D eigenvalue weighted by Crippen LogP contribution is -2.63. The predicted octanol–water partition coefficient (Wildman–Crippen LogP) is 1.18. The molecule has 35 nitrogen and oxygen atoms in total. The number of carboxylic acid groups (broad SMARTS) is 1. The van der Waals surface area contributed by atoms with Crippen molar-refractivity contribution in [3.63, 3.8) is 0 Å². The number of aliphatic carboxylic acids is 1. The number of unbranched alkanes of at least 4 members (excludes halogenated alkanes) is 2. The maximum atomic E-state index is 14.4. The number of urea groups is 1. The fourth-order valence-corrected chi connectivity index (χ4v) is 11.7. The fourth-order valence-electron chi connectivity index (χ4n) is 11.7. The normalized spacial score (nSPS) is 14.0. The number of nitrogens with one attached hydrogen (secondary N) is 12. The first-order chi connectivity index (χ1) is 54.0. The molecule has 1 fully saturated rings. The zero-order chi connectivity index (χ0) is 81.1. The summed E-state index contributed by atoms with van der Waals surface area (Å²) in [4.78, 5) is 195. The van der Waals surface area contributed by atoms with E-state index in [1.807, 2.05) is 19.1 Å². The number of carbonyl (C=O) groups excluding carboxylic acids is 14. The van der Waals surface area contributed by atoms with Crippen LogP contribution in [0.15, 0.2) is 91.3 Å². The first-order valence-corrected chi connectivity index (χ1v) is 37.9. The molecule has 0 saturated heterocycles. The number of hydrogen-bond donors (Lipinski definition) is 14. The van der Waals surface area contributed by atoms with Gasteiger partial charge in [-0.3, -0.25) is 72.2 Å². The molecule has 612 valence electrons. The molecular weight excluding hydrogens is 1450 g/mol. The lowest BCUT2D eigenvalue weighted by molar-refractivity contribution is -0.139. The summed E-state index contributed by atoms with van der Waals surface area (Å²) in [6.45, 7) is 4.86. The van der Waals surface area contributed by atoms with Crippen LogP contribution in [0.4, 0.5) is 16.2 Å². The van der Waals surface area contributed by atoms with Gasteiger partial charge >= 0.3 is 12.0 Å². The highest BCUT2D eigenvalue weighted by Crippen LogP contribution is 2.29. The van der Waals surface area contributed by atoms with Crippen LogP contribution in [-0.2, 0) is 92.5 Å². The molecule has 14 amide bonds. The molecule has 3 aromatic rings. The molecule has 1 aliphatic heterocycles. The summed E-state index contributed by atoms with van der Waals surface area (Å²) in [5.41, 5.74) is 7.36. The third kappa shape index (κ3) is 38.2. The second-order valence-electron chi connectivity index (χ2n) is 26.8. The fraction of sp³-hybridized carbons (Fsp3) is 0.532. The number of imide groups is 1. The van der Waals surface area contributed by atoms with E-state index >= 15 is 0 Å². The zero-order valence-corrected chi connectivity index (χ0v) is 63.5. The minimum Gasteiger partial charge on any atom is -0.481 e. The number of anilines is 2. The Kier molecular flexibility index (Phi) is 43.5. The molecule has 1 saturated carbocycles. The number of hydrogen-bond acceptors (Lipinski definition) is 21. The van der Waals surface area contributed by atoms with Gasteiger partial charge in [-0.1, -0.05) is 55.7 Å². The largest absolute Gasteiger partial charge is 0.481 e. The van der Waals surface area contributed by atoms with Gasteiger partial charge in [0.15, 0.2) is 0 Å². The second-order valence-corrected chi connectivity index (χ2v) is 26.8. The Morgan fingerprint density at radius 2 is 1.16 bits per heavy atom. The van der Waals surface area contributed by atoms with E-state index in [4.69, 9.17) is 24.7 Å². The van der Waals surface area contributed by atoms with Gasteiger partial charge in [0.1, 0.15) is 30.0 Å². The SMILES string of the molecule is Cc1ccccc1NC(=O)Nc1ccc(CC(=O)N[C@@H](CCCCNC(=O)/C=C/c2cccnc2)C(=O)N[C@@H](CCCC(=O)O)C(=O)NC2(C(=O)NCCOCCOCCNC(=O)CC(C=O)CNCCOCCOCCNC(=O)CCC(=O)N[C@@H](CCCCNC(=O)CCN3C(=O)C=CC3=O)C(N)=O)CCCCC2)cc1. The van der Waals surface area contributed by atoms with E-state index in [9.17, 15) is 77.0 Å². The number of para-hydroxylation sites is 1. The van der Waals surface area contributed by atoms with Crippen molar-refractivity contribution in [1.29, 1.82) is 0 Å². The number of nitrogens with zero attached hydrogens (tertiary/aromatic N) is 2. The minimum atomic E-state index is -1.37. The van der Waals surface area contributed by atoms with Crippen LogP contribution in [0.1, 0.15) is 132 Å². The summed E-state index contributed by atoms with van der Waals surface area (Å²) >= 11 is 0. The number of ether oxygens (including phenoxy) is 4. The molecule has 1 unspecified atom stereocenters. The van der Waals surface area contributed by atoms with Gasteiger partial charge in [-0.15, -0.1) is 0 Å². The first-order valence-electron chi connectivity index (χ1n) is 37.9. The van der Waals surface area contributed by atoms with Gasteiger partial charge in [-0.25, -0.2) is 4.79 Å². The molecule has 2 aromatic carbocycles. The van der Waals surface area contributed by atoms with E-state index in [1.54, 1.807) is 67.0 Å². The van der Waals surface area contributed by atoms with Crippen LogP contribution in [-0.4, -0.2) is 233 Å². The number of nitrogens with two attached hydrogens (primary N) is 1. The van der Waals surface area contributed by atoms with Gasteiger partial charge in [-0.05, 0) is 118 Å². The van der Waals surface area contributed by atoms with Crippen LogP contribution < -0.4 is 69.5 Å². The number of benzene rings is 2. The molecule has 0 spiro atoms. The number of aryl methyl sites for hydroxylation is 1. The Bertz CT molecular complexity index is 3600. The number of carbonyl (C=O) groups is 15. The van der Waals surface area contributed by atoms with Gasteiger partial charge in [0.25, 0.3) is 11.8 Å². The van der Waals surface area contributed by atoms with Crippen molar-refractivity contribution in [1.82, 2.24) is 63.1 Å². The van der Waals surface area contributed by atoms with E-state index in [1.165, 1.54) is 6.08 Å². The molecule has 2 aliphatic rings. The molecule has 35 heteroatoms. The van der Waals surface area contributed by atoms with Gasteiger partial charge in [-0.2, -0.15) is 0 Å². The smallest absolute Gasteiger partial charge is 0.323 e. The lowest BCUT2D eigenvalue weighted by atomic mass is 9.80. The number of rotatable bonds is 57. The first kappa shape index (κ1) is 91.7. The summed E-state index contributed by atoms with van der Waals surface area (Å²) in [5.74, 6) is -7.83. The van der Waals surface area contributed by atoms with Crippen molar-refractivity contribution in [2.75, 3.05) is 116 Å². The summed E-state index contributed by atoms with van der Waals surface area (Å²) in [6.07, 6.45) is 12.7. The van der Waals surface area contributed by atoms with Crippen LogP contribution in [0.25, 0.3) is 6.08 Å². The third-order valence-electron chi connectivity index (χ3n) is 17.8. The van der Waals surface area contributed by atoms with E-state index in [-0.39, 0.29) is 187 Å². The number of primary amides is 1. The number of carboxylic acids is 1. The Balaban J connectivity index is 0.932. The third-order valence-corrected chi connectivity index (χ3v) is 17.8. The molecule has 112 heavy (non-hydrogen) atoms. The maximum Gasteiger partial charge on any atom is 0.323 e. The highest BCUT2D eigenvalue weighted by Gasteiger charge is 2.42. The van der Waals surface area contributed by atoms with Gasteiger partial charge < -0.3 is 98.4 Å². The Hall–Kier alpha value is -10.9. The average molecular weight is 1560 g/mol. The molecule has 15 N–H and O–H groups in total. The van der Waals surface area contributed by atoms with E-state index in [2.05, 4.69) is 68.8 Å². The Labute approximate surface area is 651 Å². The molecule has 4 atom stereocenters. The molecule has 0 radical (unpaired) electrons. The Morgan fingerprint density at radius 1 is 0.580 bits per heavy atom. The predicted molar refractivity (Wildman–Crippen MR) is 410 cm³/mol. The number of aromatic nitrogens is 1. The number of pyridine rings is 1. The average Bonchev–Trinajstić information content (AvgIpc) is 0.952. The monoisotopic (exact) mass is 1560 g/mol. The van der Waals surface area contributed by atoms with Crippen LogP contribution in [0.5, 0.6) is 0 Å². The highest BCUT2D eigenvalue weighted by atomic mass is 16.5. The number of amides is 14. The molecule has 2 heterocycles. The van der Waals surface area contributed by atoms with E-state index in [0.29, 0.717) is 74.9 Å². The summed E-state index contributed by atoms with van der Waals surface area (Å²) in [7, 11) is 0. The maximum absolute atomic E-state index is 14.4. The van der Waals surface area contributed by atoms with Crippen molar-refractivity contribution in [3.8, 4) is 0 Å². The van der Waals surface area contributed by atoms with Crippen LogP contribution >= 0.6 is 0 Å². The molecular formula is C77H109N15O20. The van der Waals surface area contributed by atoms with E-state index < -0.39 is 94.7 Å². The van der Waals surface area contributed by atoms with Crippen LogP contribution in [0.2, 0.25) is 0 Å². The summed E-state index contributed by atoms with van der Waals surface area (Å²) in [5, 5.41) is 42.9. The highest BCUT2D eigenvalue weighted by molar-refractivity contribution is 6.13. The van der Waals surface area contributed by atoms with Crippen molar-refractivity contribution >= 4 is 107 Å². The lowest BCUT2D eigenvalue weighted by Gasteiger charge is -2.38. The van der Waals surface area contributed by atoms with Crippen molar-refractivity contribution < 1.29 is 96.0 Å². The van der Waals surface area contributed by atoms with Crippen LogP contribution in [0.3, 0.4) is 0 Å². The van der Waals surface area contributed by atoms with Gasteiger partial charge in [0.05, 0.1) is 59.3 Å². The zero-order valence-electron chi connectivity index (χ0n) is 63.5. The molecule has 1 aromatic heterocycles. The van der Waals surface area contributed by atoms with Crippen LogP contribution in [0, 0.1) is 12.8 Å². The standard InChI is InChI=1S/C77H109N15O20/c1-54-13-3-4-15-59(54)90-76(108)86-58-23-20-55(21-24-58)49-68(99)88-61(17-6-10-34-81-63(94)25-22-56-14-12-33-79-51-56)73(105)89-62(18-11-19-71(102)103)74(106)91-77(31-7-2-8-32-77)75(107)85-39-44-112-48-47-111-43-38-84-67(98)50-57(53-93)52-80-36-41-109-45-46-110-42-37-83-64(95)26-27-66(97)87-60(72(78)104)16-5-9-35-82-65(96)30-40-92-69(100)28-29-70(92)101/h3-4,12-15,20-25,28-29,33,51,53,57,60-62,80H,2,5-11,16-19,26-27,30-32,34-50,52H2,1H3,(H2,78,104)(H,81,94)(H,82,96)(H,83,95)(H,84,98)(H,85,107)(H,87,97)(H,88,99)(H,89,105)(H,91,106)(H,102,103)(H2,86,90,108)/b25-22+/t57?,60-,61-,62-/m0/s1. The Morgan fingerprint density at radius 3 is 1.79 bits per heavy atom. The minimum absolute atomic E-state index is 0.0110. The van der Waals surface area contributed by atoms with Gasteiger partial charge in [0.2, 0.25) is 59.1 Å². The van der Waals surface area contributed by atoms with E-state index in [0.717, 1.165) is 34.6 Å². The van der Waals surface area contributed by atoms with Gasteiger partial charge in [0, 0.05) is 132 Å². The summed E-state index contributed by atoms with van der Waals surface area (Å²) < 4.78 is 22.3. The van der Waals surface area contributed by atoms with Crippen molar-refractivity contribution in [2.24, 2.45) is 11.7 Å². The topological polar surface area (TPSA) is 500 Å². The molecule has 0 bridgehead atoms. The quantitative estimate of drug-likeness (QED) is 0.0163. The number of aldehydes is 1. The van der Waals surface area contributed by atoms with Crippen molar-refractivity contribution in [2.45, 2.75) is 153 Å². The second kappa shape index (κ2) is 53.1. The molecule has 5 rings (SSSR count). The van der Waals surface area contributed by atoms with Crippen molar-refractivity contribution in [3.05, 3.63) is 108 Å².